The normalized spacial score (nSPS) is 19.7. The van der Waals surface area contributed by atoms with Gasteiger partial charge in [0.05, 0.1) is 19.3 Å². The standard InChI is InChI=1S/C12H16ClN3O2/c1-8(17)10-5-3-4-6-16(10)11-9(13)7-14-12(15-11)18-2/h7,10H,3-6H2,1-2H3. The number of Topliss-reactive ketones (excluding diaryl/α,β-unsaturated/α-hetero) is 1. The van der Waals surface area contributed by atoms with Crippen molar-refractivity contribution in [2.45, 2.75) is 32.2 Å². The summed E-state index contributed by atoms with van der Waals surface area (Å²) in [5.74, 6) is 0.728. The van der Waals surface area contributed by atoms with E-state index in [0.717, 1.165) is 25.8 Å². The lowest BCUT2D eigenvalue weighted by Gasteiger charge is -2.35. The number of carbonyl (C=O) groups is 1. The summed E-state index contributed by atoms with van der Waals surface area (Å²) in [7, 11) is 1.51. The molecule has 1 aliphatic heterocycles. The van der Waals surface area contributed by atoms with Crippen molar-refractivity contribution in [1.82, 2.24) is 9.97 Å². The summed E-state index contributed by atoms with van der Waals surface area (Å²) >= 11 is 6.12. The van der Waals surface area contributed by atoms with Gasteiger partial charge in [0.15, 0.2) is 11.6 Å². The summed E-state index contributed by atoms with van der Waals surface area (Å²) in [4.78, 5) is 21.8. The molecule has 18 heavy (non-hydrogen) atoms. The Hall–Kier alpha value is -1.36. The van der Waals surface area contributed by atoms with E-state index in [1.807, 2.05) is 4.90 Å². The Morgan fingerprint density at radius 3 is 3.00 bits per heavy atom. The van der Waals surface area contributed by atoms with Crippen LogP contribution in [0.4, 0.5) is 5.82 Å². The second-order valence-electron chi connectivity index (χ2n) is 4.34. The maximum Gasteiger partial charge on any atom is 0.318 e. The maximum atomic E-state index is 11.7. The number of hydrogen-bond acceptors (Lipinski definition) is 5. The third kappa shape index (κ3) is 2.56. The minimum absolute atomic E-state index is 0.142. The highest BCUT2D eigenvalue weighted by molar-refractivity contribution is 6.32. The van der Waals surface area contributed by atoms with E-state index in [9.17, 15) is 4.79 Å². The highest BCUT2D eigenvalue weighted by atomic mass is 35.5. The number of carbonyl (C=O) groups excluding carboxylic acids is 1. The molecule has 0 saturated carbocycles. The van der Waals surface area contributed by atoms with Crippen molar-refractivity contribution in [3.05, 3.63) is 11.2 Å². The van der Waals surface area contributed by atoms with E-state index in [1.165, 1.54) is 13.3 Å². The van der Waals surface area contributed by atoms with Gasteiger partial charge in [-0.1, -0.05) is 11.6 Å². The predicted molar refractivity (Wildman–Crippen MR) is 69.3 cm³/mol. The first-order chi connectivity index (χ1) is 8.63. The predicted octanol–water partition coefficient (Wildman–Crippen LogP) is 2.09. The van der Waals surface area contributed by atoms with Crippen molar-refractivity contribution in [3.8, 4) is 6.01 Å². The van der Waals surface area contributed by atoms with Crippen molar-refractivity contribution < 1.29 is 9.53 Å². The van der Waals surface area contributed by atoms with Gasteiger partial charge in [0.25, 0.3) is 0 Å². The zero-order valence-electron chi connectivity index (χ0n) is 10.5. The Morgan fingerprint density at radius 1 is 1.56 bits per heavy atom. The second kappa shape index (κ2) is 5.52. The Bertz CT molecular complexity index is 453. The van der Waals surface area contributed by atoms with E-state index in [2.05, 4.69) is 9.97 Å². The van der Waals surface area contributed by atoms with Crippen molar-refractivity contribution in [3.63, 3.8) is 0 Å². The summed E-state index contributed by atoms with van der Waals surface area (Å²) in [5, 5.41) is 0.448. The molecule has 1 aromatic rings. The van der Waals surface area contributed by atoms with E-state index in [4.69, 9.17) is 16.3 Å². The first-order valence-corrected chi connectivity index (χ1v) is 6.35. The van der Waals surface area contributed by atoms with Crippen LogP contribution in [0.15, 0.2) is 6.20 Å². The molecule has 1 aliphatic rings. The highest BCUT2D eigenvalue weighted by Gasteiger charge is 2.28. The molecule has 1 unspecified atom stereocenters. The van der Waals surface area contributed by atoms with Gasteiger partial charge in [-0.15, -0.1) is 0 Å². The molecule has 0 bridgehead atoms. The Kier molecular flexibility index (Phi) is 4.01. The Labute approximate surface area is 111 Å². The quantitative estimate of drug-likeness (QED) is 0.841. The molecule has 2 rings (SSSR count). The molecule has 0 amide bonds. The molecule has 0 aromatic carbocycles. The molecule has 5 nitrogen and oxygen atoms in total. The lowest BCUT2D eigenvalue weighted by Crippen LogP contribution is -2.44. The summed E-state index contributed by atoms with van der Waals surface area (Å²) in [6.45, 7) is 2.39. The molecule has 6 heteroatoms. The number of aromatic nitrogens is 2. The number of ketones is 1. The van der Waals surface area contributed by atoms with Gasteiger partial charge in [-0.05, 0) is 26.2 Å². The minimum atomic E-state index is -0.143. The fourth-order valence-corrected chi connectivity index (χ4v) is 2.45. The average Bonchev–Trinajstić information content (AvgIpc) is 2.39. The molecule has 0 aliphatic carbocycles. The van der Waals surface area contributed by atoms with Crippen LogP contribution >= 0.6 is 11.6 Å². The molecule has 0 spiro atoms. The molecule has 1 fully saturated rings. The average molecular weight is 270 g/mol. The van der Waals surface area contributed by atoms with Crippen molar-refractivity contribution in [2.24, 2.45) is 0 Å². The topological polar surface area (TPSA) is 55.3 Å². The number of ether oxygens (including phenoxy) is 1. The summed E-state index contributed by atoms with van der Waals surface area (Å²) in [5.41, 5.74) is 0. The van der Waals surface area contributed by atoms with Crippen molar-refractivity contribution in [1.29, 1.82) is 0 Å². The molecular formula is C12H16ClN3O2. The van der Waals surface area contributed by atoms with Crippen LogP contribution in [0.25, 0.3) is 0 Å². The largest absolute Gasteiger partial charge is 0.467 e. The molecule has 1 saturated heterocycles. The molecule has 98 valence electrons. The zero-order valence-corrected chi connectivity index (χ0v) is 11.3. The van der Waals surface area contributed by atoms with Gasteiger partial charge >= 0.3 is 6.01 Å². The third-order valence-electron chi connectivity index (χ3n) is 3.13. The fraction of sp³-hybridized carbons (Fsp3) is 0.583. The van der Waals surface area contributed by atoms with Gasteiger partial charge in [-0.25, -0.2) is 4.98 Å². The number of nitrogens with zero attached hydrogens (tertiary/aromatic N) is 3. The van der Waals surface area contributed by atoms with Crippen molar-refractivity contribution in [2.75, 3.05) is 18.6 Å². The number of halogens is 1. The van der Waals surface area contributed by atoms with Crippen LogP contribution < -0.4 is 9.64 Å². The maximum absolute atomic E-state index is 11.7. The molecule has 0 radical (unpaired) electrons. The SMILES string of the molecule is COc1ncc(Cl)c(N2CCCCC2C(C)=O)n1. The lowest BCUT2D eigenvalue weighted by atomic mass is 9.99. The third-order valence-corrected chi connectivity index (χ3v) is 3.40. The number of methoxy groups -OCH3 is 1. The van der Waals surface area contributed by atoms with Gasteiger partial charge in [0, 0.05) is 6.54 Å². The van der Waals surface area contributed by atoms with E-state index < -0.39 is 0 Å². The van der Waals surface area contributed by atoms with E-state index in [1.54, 1.807) is 6.92 Å². The smallest absolute Gasteiger partial charge is 0.318 e. The van der Waals surface area contributed by atoms with Gasteiger partial charge in [0.1, 0.15) is 5.02 Å². The fourth-order valence-electron chi connectivity index (χ4n) is 2.25. The molecule has 0 N–H and O–H groups in total. The van der Waals surface area contributed by atoms with Crippen LogP contribution in [0, 0.1) is 0 Å². The number of hydrogen-bond donors (Lipinski definition) is 0. The van der Waals surface area contributed by atoms with Crippen molar-refractivity contribution >= 4 is 23.2 Å². The van der Waals surface area contributed by atoms with E-state index in [-0.39, 0.29) is 17.8 Å². The first-order valence-electron chi connectivity index (χ1n) is 5.97. The van der Waals surface area contributed by atoms with Crippen LogP contribution in [0.3, 0.4) is 0 Å². The van der Waals surface area contributed by atoms with Crippen LogP contribution in [-0.4, -0.2) is 35.4 Å². The van der Waals surface area contributed by atoms with Gasteiger partial charge in [0.2, 0.25) is 0 Å². The Morgan fingerprint density at radius 2 is 2.33 bits per heavy atom. The highest BCUT2D eigenvalue weighted by Crippen LogP contribution is 2.30. The van der Waals surface area contributed by atoms with Crippen LogP contribution in [0.2, 0.25) is 5.02 Å². The second-order valence-corrected chi connectivity index (χ2v) is 4.75. The number of rotatable bonds is 3. The number of piperidine rings is 1. The van der Waals surface area contributed by atoms with E-state index >= 15 is 0 Å². The van der Waals surface area contributed by atoms with Crippen LogP contribution in [0.5, 0.6) is 6.01 Å². The van der Waals surface area contributed by atoms with Crippen LogP contribution in [0.1, 0.15) is 26.2 Å². The van der Waals surface area contributed by atoms with Gasteiger partial charge in [-0.3, -0.25) is 4.79 Å². The van der Waals surface area contributed by atoms with Gasteiger partial charge in [-0.2, -0.15) is 4.98 Å². The summed E-state index contributed by atoms with van der Waals surface area (Å²) < 4.78 is 5.00. The molecule has 1 aromatic heterocycles. The molecule has 1 atom stereocenters. The summed E-state index contributed by atoms with van der Waals surface area (Å²) in [6, 6.07) is 0.123. The molecular weight excluding hydrogens is 254 g/mol. The number of anilines is 1. The molecule has 2 heterocycles. The minimum Gasteiger partial charge on any atom is -0.467 e. The van der Waals surface area contributed by atoms with E-state index in [0.29, 0.717) is 10.8 Å². The summed E-state index contributed by atoms with van der Waals surface area (Å²) in [6.07, 6.45) is 4.44. The Balaban J connectivity index is 2.35. The zero-order chi connectivity index (χ0) is 13.1. The van der Waals surface area contributed by atoms with Gasteiger partial charge < -0.3 is 9.64 Å². The monoisotopic (exact) mass is 269 g/mol. The van der Waals surface area contributed by atoms with Crippen LogP contribution in [-0.2, 0) is 4.79 Å². The lowest BCUT2D eigenvalue weighted by molar-refractivity contribution is -0.118. The first kappa shape index (κ1) is 13.1.